The van der Waals surface area contributed by atoms with Gasteiger partial charge in [-0.15, -0.1) is 0 Å². The topological polar surface area (TPSA) is 84.7 Å². The van der Waals surface area contributed by atoms with E-state index in [1.54, 1.807) is 44.3 Å². The van der Waals surface area contributed by atoms with E-state index in [1.807, 2.05) is 6.92 Å². The van der Waals surface area contributed by atoms with E-state index >= 15 is 0 Å². The van der Waals surface area contributed by atoms with E-state index in [2.05, 4.69) is 10.5 Å². The fourth-order valence-corrected chi connectivity index (χ4v) is 2.11. The molecule has 0 fully saturated rings. The van der Waals surface area contributed by atoms with Crippen molar-refractivity contribution in [2.45, 2.75) is 33.2 Å². The molecule has 7 nitrogen and oxygen atoms in total. The summed E-state index contributed by atoms with van der Waals surface area (Å²) in [6.45, 7) is 4.59. The first-order valence-corrected chi connectivity index (χ1v) is 8.21. The minimum atomic E-state index is -0.357. The summed E-state index contributed by atoms with van der Waals surface area (Å²) >= 11 is 0. The van der Waals surface area contributed by atoms with E-state index in [4.69, 9.17) is 9.26 Å². The first-order chi connectivity index (χ1) is 12.0. The molecule has 0 bridgehead atoms. The molecule has 2 amide bonds. The number of nitrogens with zero attached hydrogens (tertiary/aromatic N) is 2. The van der Waals surface area contributed by atoms with Crippen molar-refractivity contribution in [3.8, 4) is 0 Å². The number of rotatable bonds is 7. The van der Waals surface area contributed by atoms with Gasteiger partial charge in [-0.3, -0.25) is 0 Å². The summed E-state index contributed by atoms with van der Waals surface area (Å²) in [5.74, 6) is 0.343. The number of carbonyl (C=O) groups is 2. The Bertz CT molecular complexity index is 709. The van der Waals surface area contributed by atoms with Crippen molar-refractivity contribution in [2.24, 2.45) is 0 Å². The molecule has 1 N–H and O–H groups in total. The molecule has 134 valence electrons. The van der Waals surface area contributed by atoms with Crippen LogP contribution in [0.3, 0.4) is 0 Å². The van der Waals surface area contributed by atoms with Crippen LogP contribution < -0.4 is 5.32 Å². The zero-order chi connectivity index (χ0) is 18.2. The zero-order valence-corrected chi connectivity index (χ0v) is 14.7. The summed E-state index contributed by atoms with van der Waals surface area (Å²) in [4.78, 5) is 25.5. The lowest BCUT2D eigenvalue weighted by Crippen LogP contribution is -2.30. The Morgan fingerprint density at radius 1 is 1.28 bits per heavy atom. The third-order valence-electron chi connectivity index (χ3n) is 3.53. The number of anilines is 1. The lowest BCUT2D eigenvalue weighted by atomic mass is 10.2. The van der Waals surface area contributed by atoms with E-state index in [0.717, 1.165) is 12.8 Å². The number of urea groups is 1. The first kappa shape index (κ1) is 18.5. The minimum absolute atomic E-state index is 0.279. The number of nitrogens with one attached hydrogen (secondary N) is 1. The second-order valence-electron chi connectivity index (χ2n) is 5.78. The van der Waals surface area contributed by atoms with Crippen LogP contribution in [0.15, 0.2) is 34.9 Å². The van der Waals surface area contributed by atoms with E-state index in [1.165, 1.54) is 4.90 Å². The molecule has 0 aliphatic rings. The van der Waals surface area contributed by atoms with Crippen LogP contribution in [0.4, 0.5) is 10.5 Å². The molecule has 0 radical (unpaired) electrons. The SMILES string of the molecule is CCCCOC(=O)c1ccc(NC(=O)N(C)Cc2cc(C)on2)cc1. The third-order valence-corrected chi connectivity index (χ3v) is 3.53. The van der Waals surface area contributed by atoms with Gasteiger partial charge in [0.1, 0.15) is 11.5 Å². The van der Waals surface area contributed by atoms with Gasteiger partial charge in [0, 0.05) is 18.8 Å². The monoisotopic (exact) mass is 345 g/mol. The van der Waals surface area contributed by atoms with Crippen LogP contribution >= 0.6 is 0 Å². The van der Waals surface area contributed by atoms with Crippen LogP contribution in [-0.2, 0) is 11.3 Å². The number of benzene rings is 1. The standard InChI is InChI=1S/C18H23N3O4/c1-4-5-10-24-17(22)14-6-8-15(9-7-14)19-18(23)21(3)12-16-11-13(2)25-20-16/h6-9,11H,4-5,10,12H2,1-3H3,(H,19,23). The molecule has 2 rings (SSSR count). The third kappa shape index (κ3) is 5.63. The van der Waals surface area contributed by atoms with Crippen LogP contribution in [0.1, 0.15) is 41.6 Å². The lowest BCUT2D eigenvalue weighted by Gasteiger charge is -2.16. The number of esters is 1. The van der Waals surface area contributed by atoms with Gasteiger partial charge in [0.05, 0.1) is 18.7 Å². The summed E-state index contributed by atoms with van der Waals surface area (Å²) in [6.07, 6.45) is 1.82. The fraction of sp³-hybridized carbons (Fsp3) is 0.389. The summed E-state index contributed by atoms with van der Waals surface area (Å²) < 4.78 is 10.1. The molecule has 0 saturated carbocycles. The van der Waals surface area contributed by atoms with E-state index in [-0.39, 0.29) is 12.0 Å². The number of hydrogen-bond acceptors (Lipinski definition) is 5. The Morgan fingerprint density at radius 3 is 2.60 bits per heavy atom. The Balaban J connectivity index is 1.87. The smallest absolute Gasteiger partial charge is 0.338 e. The molecule has 1 heterocycles. The molecule has 0 saturated heterocycles. The number of hydrogen-bond donors (Lipinski definition) is 1. The van der Waals surface area contributed by atoms with Gasteiger partial charge in [0.15, 0.2) is 0 Å². The maximum atomic E-state index is 12.2. The molecular formula is C18H23N3O4. The van der Waals surface area contributed by atoms with Crippen molar-refractivity contribution < 1.29 is 18.8 Å². The summed E-state index contributed by atoms with van der Waals surface area (Å²) in [5, 5.41) is 6.62. The molecule has 0 unspecified atom stereocenters. The van der Waals surface area contributed by atoms with Gasteiger partial charge in [0.2, 0.25) is 0 Å². The van der Waals surface area contributed by atoms with Crippen molar-refractivity contribution >= 4 is 17.7 Å². The van der Waals surface area contributed by atoms with Crippen LogP contribution in [-0.4, -0.2) is 35.7 Å². The Labute approximate surface area is 146 Å². The molecule has 2 aromatic rings. The molecule has 1 aromatic heterocycles. The number of ether oxygens (including phenoxy) is 1. The fourth-order valence-electron chi connectivity index (χ4n) is 2.11. The molecule has 1 aromatic carbocycles. The van der Waals surface area contributed by atoms with Crippen molar-refractivity contribution in [3.05, 3.63) is 47.3 Å². The number of amides is 2. The second-order valence-corrected chi connectivity index (χ2v) is 5.78. The normalized spacial score (nSPS) is 10.4. The van der Waals surface area contributed by atoms with Gasteiger partial charge < -0.3 is 19.5 Å². The maximum absolute atomic E-state index is 12.2. The molecule has 0 aliphatic carbocycles. The molecule has 0 atom stereocenters. The number of aromatic nitrogens is 1. The molecule has 0 spiro atoms. The van der Waals surface area contributed by atoms with Gasteiger partial charge in [-0.2, -0.15) is 0 Å². The van der Waals surface area contributed by atoms with Gasteiger partial charge in [-0.25, -0.2) is 9.59 Å². The van der Waals surface area contributed by atoms with Crippen molar-refractivity contribution in [3.63, 3.8) is 0 Å². The lowest BCUT2D eigenvalue weighted by molar-refractivity contribution is 0.0500. The minimum Gasteiger partial charge on any atom is -0.462 e. The van der Waals surface area contributed by atoms with Gasteiger partial charge in [-0.1, -0.05) is 18.5 Å². The average Bonchev–Trinajstić information content (AvgIpc) is 3.00. The van der Waals surface area contributed by atoms with Crippen molar-refractivity contribution in [2.75, 3.05) is 19.0 Å². The van der Waals surface area contributed by atoms with E-state index < -0.39 is 0 Å². The molecule has 0 aliphatic heterocycles. The van der Waals surface area contributed by atoms with Gasteiger partial charge in [-0.05, 0) is 37.6 Å². The highest BCUT2D eigenvalue weighted by atomic mass is 16.5. The maximum Gasteiger partial charge on any atom is 0.338 e. The first-order valence-electron chi connectivity index (χ1n) is 8.21. The van der Waals surface area contributed by atoms with Crippen LogP contribution in [0, 0.1) is 6.92 Å². The summed E-state index contributed by atoms with van der Waals surface area (Å²) in [7, 11) is 1.67. The number of unbranched alkanes of at least 4 members (excludes halogenated alkanes) is 1. The Kier molecular flexibility index (Phi) is 6.56. The quantitative estimate of drug-likeness (QED) is 0.612. The van der Waals surface area contributed by atoms with Crippen LogP contribution in [0.2, 0.25) is 0 Å². The highest BCUT2D eigenvalue weighted by molar-refractivity contribution is 5.92. The number of aryl methyl sites for hydroxylation is 1. The van der Waals surface area contributed by atoms with Crippen LogP contribution in [0.25, 0.3) is 0 Å². The van der Waals surface area contributed by atoms with E-state index in [9.17, 15) is 9.59 Å². The van der Waals surface area contributed by atoms with Crippen LogP contribution in [0.5, 0.6) is 0 Å². The largest absolute Gasteiger partial charge is 0.462 e. The van der Waals surface area contributed by atoms with E-state index in [0.29, 0.717) is 35.9 Å². The molecule has 7 heteroatoms. The van der Waals surface area contributed by atoms with Gasteiger partial charge in [0.25, 0.3) is 0 Å². The Morgan fingerprint density at radius 2 is 2.00 bits per heavy atom. The highest BCUT2D eigenvalue weighted by Gasteiger charge is 2.12. The highest BCUT2D eigenvalue weighted by Crippen LogP contribution is 2.12. The summed E-state index contributed by atoms with van der Waals surface area (Å²) in [6, 6.07) is 8.10. The molecule has 25 heavy (non-hydrogen) atoms. The summed E-state index contributed by atoms with van der Waals surface area (Å²) in [5.41, 5.74) is 1.74. The van der Waals surface area contributed by atoms with Crippen molar-refractivity contribution in [1.82, 2.24) is 10.1 Å². The van der Waals surface area contributed by atoms with Crippen molar-refractivity contribution in [1.29, 1.82) is 0 Å². The van der Waals surface area contributed by atoms with Gasteiger partial charge >= 0.3 is 12.0 Å². The Hall–Kier alpha value is -2.83. The zero-order valence-electron chi connectivity index (χ0n) is 14.7. The predicted molar refractivity (Wildman–Crippen MR) is 93.4 cm³/mol. The second kappa shape index (κ2) is 8.86. The predicted octanol–water partition coefficient (Wildman–Crippen LogP) is 3.60. The number of carbonyl (C=O) groups excluding carboxylic acids is 2. The molecular weight excluding hydrogens is 322 g/mol. The average molecular weight is 345 g/mol.